The quantitative estimate of drug-likeness (QED) is 0.127. The van der Waals surface area contributed by atoms with Gasteiger partial charge in [0.1, 0.15) is 6.10 Å². The van der Waals surface area contributed by atoms with Gasteiger partial charge >= 0.3 is 12.6 Å². The van der Waals surface area contributed by atoms with E-state index < -0.39 is 39.2 Å². The number of alkyl halides is 2. The Kier molecular flexibility index (Phi) is 9.61. The molecule has 0 N–H and O–H groups in total. The van der Waals surface area contributed by atoms with E-state index in [1.165, 1.54) is 30.6 Å². The number of rotatable bonds is 13. The summed E-state index contributed by atoms with van der Waals surface area (Å²) in [5, 5.41) is 11.2. The van der Waals surface area contributed by atoms with E-state index in [9.17, 15) is 32.1 Å². The number of carbonyl (C=O) groups is 1. The van der Waals surface area contributed by atoms with Gasteiger partial charge in [-0.2, -0.15) is 8.78 Å². The van der Waals surface area contributed by atoms with Crippen molar-refractivity contribution in [3.05, 3.63) is 86.1 Å². The molecule has 3 aromatic rings. The number of ether oxygens (including phenoxy) is 3. The number of sulfone groups is 1. The van der Waals surface area contributed by atoms with E-state index in [0.717, 1.165) is 37.1 Å². The summed E-state index contributed by atoms with van der Waals surface area (Å²) in [5.74, 6) is -2.19. The van der Waals surface area contributed by atoms with Gasteiger partial charge in [0.25, 0.3) is 5.69 Å². The molecular weight excluding hydrogens is 609 g/mol. The first-order valence-corrected chi connectivity index (χ1v) is 14.5. The number of non-ortho nitro benzene ring substituents is 1. The predicted molar refractivity (Wildman–Crippen MR) is 143 cm³/mol. The second kappa shape index (κ2) is 13.0. The number of carbonyl (C=O) groups excluding carboxylic acids is 1. The molecule has 2 aromatic carbocycles. The molecule has 1 heterocycles. The number of pyridine rings is 1. The Balaban J connectivity index is 1.62. The lowest BCUT2D eigenvalue weighted by molar-refractivity contribution is -0.384. The highest BCUT2D eigenvalue weighted by Crippen LogP contribution is 2.38. The van der Waals surface area contributed by atoms with Gasteiger partial charge in [-0.25, -0.2) is 8.42 Å². The molecule has 10 nitrogen and oxygen atoms in total. The number of nitrogens with zero attached hydrogens (tertiary/aromatic N) is 2. The summed E-state index contributed by atoms with van der Waals surface area (Å²) < 4.78 is 67.5. The highest BCUT2D eigenvalue weighted by atomic mass is 35.5. The summed E-state index contributed by atoms with van der Waals surface area (Å²) in [7, 11) is -4.25. The topological polar surface area (TPSA) is 135 Å². The molecule has 1 fully saturated rings. The van der Waals surface area contributed by atoms with E-state index >= 15 is 0 Å². The van der Waals surface area contributed by atoms with Crippen LogP contribution in [0.2, 0.25) is 10.0 Å². The molecule has 1 atom stereocenters. The Morgan fingerprint density at radius 3 is 2.32 bits per heavy atom. The third-order valence-electron chi connectivity index (χ3n) is 6.06. The summed E-state index contributed by atoms with van der Waals surface area (Å²) in [6.07, 6.45) is 3.21. The van der Waals surface area contributed by atoms with Crippen molar-refractivity contribution in [1.29, 1.82) is 0 Å². The molecule has 0 spiro atoms. The molecule has 0 saturated heterocycles. The van der Waals surface area contributed by atoms with Crippen LogP contribution in [0.5, 0.6) is 11.5 Å². The third kappa shape index (κ3) is 8.24. The van der Waals surface area contributed by atoms with Crippen LogP contribution in [0.15, 0.2) is 59.8 Å². The Morgan fingerprint density at radius 1 is 1.07 bits per heavy atom. The van der Waals surface area contributed by atoms with Crippen LogP contribution in [-0.4, -0.2) is 43.3 Å². The molecule has 41 heavy (non-hydrogen) atoms. The lowest BCUT2D eigenvalue weighted by Crippen LogP contribution is -2.22. The smallest absolute Gasteiger partial charge is 0.387 e. The molecule has 1 aromatic heterocycles. The number of nitro benzene ring substituents is 1. The Labute approximate surface area is 243 Å². The van der Waals surface area contributed by atoms with E-state index in [0.29, 0.717) is 5.56 Å². The van der Waals surface area contributed by atoms with Crippen molar-refractivity contribution >= 4 is 44.7 Å². The Hall–Kier alpha value is -3.55. The fourth-order valence-corrected chi connectivity index (χ4v) is 5.39. The van der Waals surface area contributed by atoms with Crippen LogP contribution in [-0.2, 0) is 25.8 Å². The number of halogens is 4. The van der Waals surface area contributed by atoms with E-state index in [1.807, 2.05) is 0 Å². The minimum Gasteiger partial charge on any atom is -0.489 e. The largest absolute Gasteiger partial charge is 0.489 e. The summed E-state index contributed by atoms with van der Waals surface area (Å²) in [5.41, 5.74) is 0.284. The average molecular weight is 631 g/mol. The van der Waals surface area contributed by atoms with Crippen LogP contribution in [0.25, 0.3) is 0 Å². The number of nitro groups is 1. The number of esters is 1. The molecule has 1 aliphatic rings. The molecule has 0 radical (unpaired) electrons. The first-order chi connectivity index (χ1) is 19.4. The Bertz CT molecular complexity index is 1520. The second-order valence-electron chi connectivity index (χ2n) is 9.11. The number of hydrogen-bond donors (Lipinski definition) is 0. The van der Waals surface area contributed by atoms with Crippen LogP contribution in [0, 0.1) is 16.0 Å². The lowest BCUT2D eigenvalue weighted by Gasteiger charge is -2.21. The zero-order valence-electron chi connectivity index (χ0n) is 21.0. The van der Waals surface area contributed by atoms with E-state index in [1.54, 1.807) is 0 Å². The van der Waals surface area contributed by atoms with Gasteiger partial charge in [0.05, 0.1) is 26.5 Å². The zero-order valence-corrected chi connectivity index (χ0v) is 23.4. The fourth-order valence-electron chi connectivity index (χ4n) is 3.78. The highest BCUT2D eigenvalue weighted by molar-refractivity contribution is 7.92. The van der Waals surface area contributed by atoms with Gasteiger partial charge in [-0.05, 0) is 54.2 Å². The van der Waals surface area contributed by atoms with Crippen molar-refractivity contribution in [2.75, 3.05) is 12.4 Å². The molecule has 218 valence electrons. The molecule has 1 aliphatic carbocycles. The van der Waals surface area contributed by atoms with Crippen LogP contribution in [0.4, 0.5) is 14.5 Å². The maximum absolute atomic E-state index is 13.0. The summed E-state index contributed by atoms with van der Waals surface area (Å²) >= 11 is 12.5. The number of benzene rings is 2. The molecule has 0 bridgehead atoms. The van der Waals surface area contributed by atoms with Gasteiger partial charge in [0, 0.05) is 30.9 Å². The first kappa shape index (κ1) is 30.4. The standard InChI is InChI=1S/C26H22Cl2F2N2O8S/c27-20-11-31-12-21(28)19(20)10-23(16-3-8-22(40-26(29)30)24(9-16)38-13-15-1-2-15)39-25(33)14-41(36,37)18-6-4-17(5-7-18)32(34)35/h3-9,11-12,15,23,26H,1-2,10,13-14H2/t23-/m0/s1. The molecule has 4 rings (SSSR count). The summed E-state index contributed by atoms with van der Waals surface area (Å²) in [4.78, 5) is 26.7. The number of hydrogen-bond acceptors (Lipinski definition) is 9. The van der Waals surface area contributed by atoms with Gasteiger partial charge in [-0.15, -0.1) is 0 Å². The summed E-state index contributed by atoms with van der Waals surface area (Å²) in [6.45, 7) is -2.85. The van der Waals surface area contributed by atoms with Crippen molar-refractivity contribution in [2.45, 2.75) is 36.9 Å². The molecule has 15 heteroatoms. The SMILES string of the molecule is O=C(CS(=O)(=O)c1ccc([N+](=O)[O-])cc1)O[C@@H](Cc1c(Cl)cncc1Cl)c1ccc(OC(F)F)c(OCC2CC2)c1. The van der Waals surface area contributed by atoms with Crippen LogP contribution in [0.3, 0.4) is 0 Å². The van der Waals surface area contributed by atoms with E-state index in [4.69, 9.17) is 32.7 Å². The van der Waals surface area contributed by atoms with Crippen LogP contribution in [0.1, 0.15) is 30.1 Å². The zero-order chi connectivity index (χ0) is 29.7. The van der Waals surface area contributed by atoms with Crippen molar-refractivity contribution in [1.82, 2.24) is 4.98 Å². The third-order valence-corrected chi connectivity index (χ3v) is 8.31. The predicted octanol–water partition coefficient (Wildman–Crippen LogP) is 5.99. The molecule has 0 aliphatic heterocycles. The normalized spacial score (nSPS) is 14.0. The maximum Gasteiger partial charge on any atom is 0.387 e. The monoisotopic (exact) mass is 630 g/mol. The molecule has 0 unspecified atom stereocenters. The first-order valence-electron chi connectivity index (χ1n) is 12.1. The van der Waals surface area contributed by atoms with Gasteiger partial charge in [0.2, 0.25) is 0 Å². The van der Waals surface area contributed by atoms with Gasteiger partial charge in [-0.1, -0.05) is 29.3 Å². The number of aromatic nitrogens is 1. The minimum atomic E-state index is -4.25. The van der Waals surface area contributed by atoms with E-state index in [-0.39, 0.29) is 56.6 Å². The van der Waals surface area contributed by atoms with Crippen molar-refractivity contribution < 1.29 is 41.1 Å². The van der Waals surface area contributed by atoms with Gasteiger partial charge < -0.3 is 14.2 Å². The fraction of sp³-hybridized carbons (Fsp3) is 0.308. The Morgan fingerprint density at radius 2 is 1.73 bits per heavy atom. The van der Waals surface area contributed by atoms with Crippen LogP contribution < -0.4 is 9.47 Å². The highest BCUT2D eigenvalue weighted by Gasteiger charge is 2.28. The van der Waals surface area contributed by atoms with Crippen molar-refractivity contribution in [2.24, 2.45) is 5.92 Å². The average Bonchev–Trinajstić information content (AvgIpc) is 3.74. The van der Waals surface area contributed by atoms with Gasteiger partial charge in [-0.3, -0.25) is 19.9 Å². The molecular formula is C26H22Cl2F2N2O8S. The van der Waals surface area contributed by atoms with E-state index in [2.05, 4.69) is 9.72 Å². The van der Waals surface area contributed by atoms with Crippen LogP contribution >= 0.6 is 23.2 Å². The van der Waals surface area contributed by atoms with Gasteiger partial charge in [0.15, 0.2) is 27.1 Å². The van der Waals surface area contributed by atoms with Crippen molar-refractivity contribution in [3.63, 3.8) is 0 Å². The maximum atomic E-state index is 13.0. The minimum absolute atomic E-state index is 0.0128. The molecule has 1 saturated carbocycles. The molecule has 0 amide bonds. The van der Waals surface area contributed by atoms with Crippen molar-refractivity contribution in [3.8, 4) is 11.5 Å². The second-order valence-corrected chi connectivity index (χ2v) is 11.9. The lowest BCUT2D eigenvalue weighted by atomic mass is 10.0. The summed E-state index contributed by atoms with van der Waals surface area (Å²) in [6, 6.07) is 7.99.